The summed E-state index contributed by atoms with van der Waals surface area (Å²) in [6, 6.07) is 27.8. The van der Waals surface area contributed by atoms with Gasteiger partial charge in [0.2, 0.25) is 0 Å². The Hall–Kier alpha value is -4.04. The minimum absolute atomic E-state index is 0.00658. The van der Waals surface area contributed by atoms with E-state index in [1.54, 1.807) is 12.0 Å². The fourth-order valence-corrected chi connectivity index (χ4v) is 12.3. The zero-order valence-electron chi connectivity index (χ0n) is 33.0. The van der Waals surface area contributed by atoms with E-state index in [0.717, 1.165) is 54.4 Å². The Morgan fingerprint density at radius 1 is 0.855 bits per heavy atom. The Morgan fingerprint density at radius 3 is 2.20 bits per heavy atom. The van der Waals surface area contributed by atoms with Crippen molar-refractivity contribution in [2.45, 2.75) is 89.9 Å². The summed E-state index contributed by atoms with van der Waals surface area (Å²) in [5, 5.41) is 27.4. The number of methoxy groups -OCH3 is 1. The Morgan fingerprint density at radius 2 is 1.49 bits per heavy atom. The van der Waals surface area contributed by atoms with Crippen molar-refractivity contribution in [1.29, 1.82) is 0 Å². The van der Waals surface area contributed by atoms with Gasteiger partial charge < -0.3 is 25.2 Å². The number of aliphatic hydroxyl groups excluding tert-OH is 1. The first-order valence-electron chi connectivity index (χ1n) is 20.5. The molecule has 2 amide bonds. The van der Waals surface area contributed by atoms with Crippen molar-refractivity contribution in [2.24, 2.45) is 33.5 Å². The fourth-order valence-electron chi connectivity index (χ4n) is 12.3. The lowest BCUT2D eigenvalue weighted by Gasteiger charge is -2.71. The number of hydrogen-bond donors (Lipinski definition) is 3. The number of aliphatic hydroxyl groups is 2. The molecule has 55 heavy (non-hydrogen) atoms. The number of hydrogen-bond acceptors (Lipinski definition) is 5. The van der Waals surface area contributed by atoms with Gasteiger partial charge in [-0.2, -0.15) is 0 Å². The first-order chi connectivity index (χ1) is 26.4. The third-order valence-corrected chi connectivity index (χ3v) is 15.4. The number of ether oxygens (including phenoxy) is 1. The molecule has 0 heterocycles. The summed E-state index contributed by atoms with van der Waals surface area (Å²) < 4.78 is 5.39. The third kappa shape index (κ3) is 5.95. The van der Waals surface area contributed by atoms with Gasteiger partial charge >= 0.3 is 6.03 Å². The maximum Gasteiger partial charge on any atom is 0.317 e. The van der Waals surface area contributed by atoms with Gasteiger partial charge in [0.05, 0.1) is 24.3 Å². The lowest BCUT2D eigenvalue weighted by atomic mass is 9.32. The van der Waals surface area contributed by atoms with Crippen LogP contribution in [0.5, 0.6) is 0 Å². The van der Waals surface area contributed by atoms with Gasteiger partial charge in [-0.25, -0.2) is 4.79 Å². The largest absolute Gasteiger partial charge is 0.393 e. The number of ketones is 1. The molecule has 6 aliphatic carbocycles. The second kappa shape index (κ2) is 14.2. The van der Waals surface area contributed by atoms with E-state index in [1.165, 1.54) is 0 Å². The molecule has 3 aromatic rings. The normalized spacial score (nSPS) is 34.9. The van der Waals surface area contributed by atoms with E-state index in [2.05, 4.69) is 49.5 Å². The summed E-state index contributed by atoms with van der Waals surface area (Å²) in [6.07, 6.45) is 12.5. The van der Waals surface area contributed by atoms with Gasteiger partial charge in [-0.3, -0.25) is 4.79 Å². The zero-order valence-corrected chi connectivity index (χ0v) is 33.0. The highest BCUT2D eigenvalue weighted by molar-refractivity contribution is 6.10. The van der Waals surface area contributed by atoms with E-state index in [4.69, 9.17) is 4.74 Å². The number of Topliss-reactive ketones (excluding diaryl/α,β-unsaturated/α-hetero) is 1. The molecule has 3 saturated carbocycles. The molecule has 6 aliphatic rings. The van der Waals surface area contributed by atoms with Gasteiger partial charge in [-0.1, -0.05) is 117 Å². The van der Waals surface area contributed by atoms with E-state index in [1.807, 2.05) is 79.7 Å². The van der Waals surface area contributed by atoms with Crippen molar-refractivity contribution in [3.8, 4) is 11.1 Å². The quantitative estimate of drug-likeness (QED) is 0.104. The molecule has 290 valence electrons. The van der Waals surface area contributed by atoms with Crippen molar-refractivity contribution < 1.29 is 24.5 Å². The maximum absolute atomic E-state index is 15.1. The van der Waals surface area contributed by atoms with Gasteiger partial charge in [-0.05, 0) is 92.2 Å². The lowest BCUT2D eigenvalue weighted by molar-refractivity contribution is -0.174. The summed E-state index contributed by atoms with van der Waals surface area (Å²) >= 11 is 0. The number of carbonyl (C=O) groups is 2. The summed E-state index contributed by atoms with van der Waals surface area (Å²) in [6.45, 7) is 7.83. The van der Waals surface area contributed by atoms with Crippen LogP contribution in [0.4, 0.5) is 4.79 Å². The first kappa shape index (κ1) is 37.9. The van der Waals surface area contributed by atoms with Crippen molar-refractivity contribution in [2.75, 3.05) is 26.8 Å². The van der Waals surface area contributed by atoms with Gasteiger partial charge in [0, 0.05) is 47.6 Å². The summed E-state index contributed by atoms with van der Waals surface area (Å²) in [5.74, 6) is 0.233. The maximum atomic E-state index is 15.1. The van der Waals surface area contributed by atoms with E-state index in [0.29, 0.717) is 38.0 Å². The molecule has 9 atom stereocenters. The van der Waals surface area contributed by atoms with Crippen LogP contribution in [0, 0.1) is 33.5 Å². The van der Waals surface area contributed by atoms with Crippen LogP contribution in [0.3, 0.4) is 0 Å². The Kier molecular flexibility index (Phi) is 9.75. The molecule has 3 N–H and O–H groups in total. The zero-order chi connectivity index (χ0) is 38.6. The van der Waals surface area contributed by atoms with Crippen LogP contribution in [0.1, 0.15) is 94.1 Å². The SMILES string of the molecule is COCCCN(CC1(O)CCC2C34C=CC5(C=C3C(=O)c3ccc(-c6ccccc6)cc3)CC(O)CCC5(C)C4CCC21C)C(=O)NC(C)c1ccccc1. The predicted octanol–water partition coefficient (Wildman–Crippen LogP) is 8.94. The van der Waals surface area contributed by atoms with E-state index < -0.39 is 27.9 Å². The minimum atomic E-state index is -1.16. The molecule has 7 nitrogen and oxygen atoms in total. The Balaban J connectivity index is 1.15. The van der Waals surface area contributed by atoms with Crippen LogP contribution < -0.4 is 5.32 Å². The predicted molar refractivity (Wildman–Crippen MR) is 216 cm³/mol. The van der Waals surface area contributed by atoms with Crippen LogP contribution in [-0.4, -0.2) is 65.4 Å². The number of urea groups is 1. The standard InChI is InChI=1S/C48H58N2O5/c1-33(34-12-7-5-8-13-34)49-43(53)50(28-11-29-55-4)32-47(54)25-22-41-45(47,3)24-21-40-44(2)23-20-38(51)30-46(44)26-27-48(40,41)39(31-46)42(52)37-18-16-36(17-19-37)35-14-9-6-10-15-35/h5-10,12-19,26-27,31,33,38,40-41,51,54H,11,20-25,28-30,32H2,1-4H3,(H,49,53). The van der Waals surface area contributed by atoms with Crippen LogP contribution in [0.15, 0.2) is 109 Å². The smallest absolute Gasteiger partial charge is 0.317 e. The molecule has 2 spiro atoms. The summed E-state index contributed by atoms with van der Waals surface area (Å²) in [7, 11) is 1.67. The van der Waals surface area contributed by atoms with Crippen molar-refractivity contribution in [3.05, 3.63) is 120 Å². The van der Waals surface area contributed by atoms with Crippen LogP contribution in [0.25, 0.3) is 11.1 Å². The molecule has 9 unspecified atom stereocenters. The molecule has 3 aromatic carbocycles. The number of benzene rings is 3. The Bertz CT molecular complexity index is 1960. The van der Waals surface area contributed by atoms with E-state index in [-0.39, 0.29) is 41.7 Å². The fraction of sp³-hybridized carbons (Fsp3) is 0.500. The summed E-state index contributed by atoms with van der Waals surface area (Å²) in [4.78, 5) is 31.0. The highest BCUT2D eigenvalue weighted by atomic mass is 16.5. The van der Waals surface area contributed by atoms with Crippen molar-refractivity contribution in [3.63, 3.8) is 0 Å². The number of fused-ring (bicyclic) bond motifs is 1. The molecule has 9 rings (SSSR count). The van der Waals surface area contributed by atoms with Crippen LogP contribution >= 0.6 is 0 Å². The number of nitrogens with zero attached hydrogens (tertiary/aromatic N) is 1. The Labute approximate surface area is 326 Å². The second-order valence-corrected chi connectivity index (χ2v) is 17.9. The number of rotatable bonds is 11. The highest BCUT2D eigenvalue weighted by Gasteiger charge is 2.74. The molecule has 2 bridgehead atoms. The third-order valence-electron chi connectivity index (χ3n) is 15.4. The number of allylic oxidation sites excluding steroid dienone is 4. The highest BCUT2D eigenvalue weighted by Crippen LogP contribution is 2.78. The van der Waals surface area contributed by atoms with Gasteiger partial charge in [0.15, 0.2) is 5.78 Å². The average Bonchev–Trinajstić information content (AvgIpc) is 3.47. The van der Waals surface area contributed by atoms with Crippen LogP contribution in [-0.2, 0) is 4.74 Å². The van der Waals surface area contributed by atoms with Crippen molar-refractivity contribution >= 4 is 11.8 Å². The van der Waals surface area contributed by atoms with E-state index in [9.17, 15) is 15.0 Å². The number of amides is 2. The molecule has 0 radical (unpaired) electrons. The molecule has 0 aliphatic heterocycles. The topological polar surface area (TPSA) is 99.1 Å². The summed E-state index contributed by atoms with van der Waals surface area (Å²) in [5.41, 5.74) is 1.89. The molecule has 7 heteroatoms. The van der Waals surface area contributed by atoms with Gasteiger partial charge in [0.25, 0.3) is 0 Å². The van der Waals surface area contributed by atoms with Crippen LogP contribution in [0.2, 0.25) is 0 Å². The lowest BCUT2D eigenvalue weighted by Crippen LogP contribution is -2.67. The molecule has 3 fully saturated rings. The molecular formula is C48H58N2O5. The molecular weight excluding hydrogens is 685 g/mol. The number of nitrogens with one attached hydrogen (secondary N) is 1. The minimum Gasteiger partial charge on any atom is -0.393 e. The van der Waals surface area contributed by atoms with E-state index >= 15 is 4.79 Å². The monoisotopic (exact) mass is 742 g/mol. The second-order valence-electron chi connectivity index (χ2n) is 17.9. The number of carbonyl (C=O) groups excluding carboxylic acids is 2. The van der Waals surface area contributed by atoms with Crippen molar-refractivity contribution in [1.82, 2.24) is 10.2 Å². The first-order valence-corrected chi connectivity index (χ1v) is 20.5. The average molecular weight is 743 g/mol. The van der Waals surface area contributed by atoms with Gasteiger partial charge in [-0.15, -0.1) is 0 Å². The molecule has 0 saturated heterocycles. The van der Waals surface area contributed by atoms with Gasteiger partial charge in [0.1, 0.15) is 0 Å². The molecule has 0 aromatic heterocycles.